The number of anilines is 1. The largest absolute Gasteiger partial charge is 0.369 e. The molecule has 0 spiro atoms. The summed E-state index contributed by atoms with van der Waals surface area (Å²) < 4.78 is 0. The lowest BCUT2D eigenvalue weighted by molar-refractivity contribution is 1.31. The summed E-state index contributed by atoms with van der Waals surface area (Å²) in [7, 11) is 0. The van der Waals surface area contributed by atoms with Crippen molar-refractivity contribution in [3.63, 3.8) is 0 Å². The summed E-state index contributed by atoms with van der Waals surface area (Å²) in [5.41, 5.74) is 6.86. The van der Waals surface area contributed by atoms with Gasteiger partial charge < -0.3 is 10.7 Å². The van der Waals surface area contributed by atoms with E-state index in [1.165, 1.54) is 6.20 Å². The maximum absolute atomic E-state index is 5.42. The van der Waals surface area contributed by atoms with E-state index in [9.17, 15) is 0 Å². The van der Waals surface area contributed by atoms with E-state index in [2.05, 4.69) is 28.1 Å². The number of aromatic amines is 1. The molecule has 0 saturated carbocycles. The Morgan fingerprint density at radius 2 is 2.25 bits per heavy atom. The SMILES string of the molecule is C=C/N=C\c1[nH]c(N)nc1C=C. The second-order valence-electron chi connectivity index (χ2n) is 2.09. The predicted molar refractivity (Wildman–Crippen MR) is 50.9 cm³/mol. The number of nitrogens with zero attached hydrogens (tertiary/aromatic N) is 2. The fourth-order valence-electron chi connectivity index (χ4n) is 0.801. The van der Waals surface area contributed by atoms with Crippen molar-refractivity contribution in [2.45, 2.75) is 0 Å². The average Bonchev–Trinajstić information content (AvgIpc) is 2.42. The zero-order chi connectivity index (χ0) is 8.97. The van der Waals surface area contributed by atoms with Crippen LogP contribution < -0.4 is 5.73 Å². The summed E-state index contributed by atoms with van der Waals surface area (Å²) in [6.45, 7) is 7.04. The van der Waals surface area contributed by atoms with Crippen molar-refractivity contribution in [2.24, 2.45) is 4.99 Å². The third kappa shape index (κ3) is 1.60. The van der Waals surface area contributed by atoms with Gasteiger partial charge in [-0.05, 0) is 6.08 Å². The van der Waals surface area contributed by atoms with Gasteiger partial charge in [-0.2, -0.15) is 0 Å². The lowest BCUT2D eigenvalue weighted by Crippen LogP contribution is -1.86. The number of nitrogens with one attached hydrogen (secondary N) is 1. The molecule has 4 nitrogen and oxygen atoms in total. The first-order valence-corrected chi connectivity index (χ1v) is 3.40. The molecule has 0 fully saturated rings. The number of aliphatic imine (C=N–C) groups is 1. The molecule has 0 atom stereocenters. The van der Waals surface area contributed by atoms with Crippen LogP contribution in [-0.2, 0) is 0 Å². The Morgan fingerprint density at radius 3 is 2.83 bits per heavy atom. The summed E-state index contributed by atoms with van der Waals surface area (Å²) in [5, 5.41) is 0. The smallest absolute Gasteiger partial charge is 0.198 e. The van der Waals surface area contributed by atoms with Crippen LogP contribution in [-0.4, -0.2) is 16.2 Å². The Morgan fingerprint density at radius 1 is 1.50 bits per heavy atom. The van der Waals surface area contributed by atoms with Crippen LogP contribution in [0, 0.1) is 0 Å². The maximum Gasteiger partial charge on any atom is 0.198 e. The fraction of sp³-hybridized carbons (Fsp3) is 0. The summed E-state index contributed by atoms with van der Waals surface area (Å²) in [6.07, 6.45) is 4.63. The van der Waals surface area contributed by atoms with E-state index in [1.54, 1.807) is 12.3 Å². The Balaban J connectivity index is 3.04. The third-order valence-electron chi connectivity index (χ3n) is 1.28. The number of nitrogens with two attached hydrogens (primary N) is 1. The van der Waals surface area contributed by atoms with E-state index in [-0.39, 0.29) is 0 Å². The molecule has 0 aliphatic heterocycles. The average molecular weight is 162 g/mol. The zero-order valence-electron chi connectivity index (χ0n) is 6.62. The standard InChI is InChI=1S/C8H10N4/c1-3-6-7(5-10-4-2)12-8(9)11-6/h3-5H,1-2H2,(H3,9,11,12)/b10-5-. The molecule has 0 unspecified atom stereocenters. The molecule has 0 aromatic carbocycles. The first-order valence-electron chi connectivity index (χ1n) is 3.40. The normalized spacial score (nSPS) is 10.3. The van der Waals surface area contributed by atoms with Gasteiger partial charge in [-0.25, -0.2) is 4.98 Å². The van der Waals surface area contributed by atoms with E-state index in [4.69, 9.17) is 5.73 Å². The highest BCUT2D eigenvalue weighted by atomic mass is 15.0. The highest BCUT2D eigenvalue weighted by molar-refractivity contribution is 5.83. The molecule has 0 aliphatic rings. The van der Waals surface area contributed by atoms with Crippen LogP contribution in [0.3, 0.4) is 0 Å². The van der Waals surface area contributed by atoms with Crippen molar-refractivity contribution in [1.82, 2.24) is 9.97 Å². The quantitative estimate of drug-likeness (QED) is 0.656. The van der Waals surface area contributed by atoms with Gasteiger partial charge in [-0.1, -0.05) is 13.2 Å². The lowest BCUT2D eigenvalue weighted by atomic mass is 10.3. The van der Waals surface area contributed by atoms with E-state index in [0.717, 1.165) is 5.69 Å². The van der Waals surface area contributed by atoms with E-state index in [0.29, 0.717) is 11.6 Å². The summed E-state index contributed by atoms with van der Waals surface area (Å²) >= 11 is 0. The summed E-state index contributed by atoms with van der Waals surface area (Å²) in [4.78, 5) is 10.6. The van der Waals surface area contributed by atoms with Crippen LogP contribution in [0.4, 0.5) is 5.95 Å². The topological polar surface area (TPSA) is 67.1 Å². The first-order chi connectivity index (χ1) is 5.77. The van der Waals surface area contributed by atoms with Crippen molar-refractivity contribution in [3.8, 4) is 0 Å². The van der Waals surface area contributed by atoms with E-state index in [1.807, 2.05) is 0 Å². The molecular weight excluding hydrogens is 152 g/mol. The fourth-order valence-corrected chi connectivity index (χ4v) is 0.801. The number of rotatable bonds is 3. The summed E-state index contributed by atoms with van der Waals surface area (Å²) in [6, 6.07) is 0. The lowest BCUT2D eigenvalue weighted by Gasteiger charge is -1.85. The number of imidazole rings is 1. The van der Waals surface area contributed by atoms with Crippen molar-refractivity contribution in [2.75, 3.05) is 5.73 Å². The second-order valence-corrected chi connectivity index (χ2v) is 2.09. The first kappa shape index (κ1) is 8.26. The molecule has 1 rings (SSSR count). The highest BCUT2D eigenvalue weighted by Gasteiger charge is 2.00. The minimum absolute atomic E-state index is 0.357. The monoisotopic (exact) mass is 162 g/mol. The molecule has 0 amide bonds. The molecule has 1 aromatic heterocycles. The van der Waals surface area contributed by atoms with Gasteiger partial charge in [0.05, 0.1) is 17.6 Å². The van der Waals surface area contributed by atoms with Crippen LogP contribution in [0.25, 0.3) is 6.08 Å². The molecule has 4 heteroatoms. The minimum Gasteiger partial charge on any atom is -0.369 e. The number of hydrogen-bond acceptors (Lipinski definition) is 3. The molecule has 0 aliphatic carbocycles. The minimum atomic E-state index is 0.357. The molecular formula is C8H10N4. The number of H-pyrrole nitrogens is 1. The molecule has 3 N–H and O–H groups in total. The molecule has 0 saturated heterocycles. The van der Waals surface area contributed by atoms with Crippen molar-refractivity contribution >= 4 is 18.2 Å². The molecule has 1 heterocycles. The van der Waals surface area contributed by atoms with Crippen molar-refractivity contribution < 1.29 is 0 Å². The number of nitrogen functional groups attached to an aromatic ring is 1. The van der Waals surface area contributed by atoms with Crippen LogP contribution in [0.5, 0.6) is 0 Å². The molecule has 1 aromatic rings. The van der Waals surface area contributed by atoms with Gasteiger partial charge in [0.15, 0.2) is 5.95 Å². The van der Waals surface area contributed by atoms with Gasteiger partial charge in [0, 0.05) is 6.20 Å². The van der Waals surface area contributed by atoms with Crippen molar-refractivity contribution in [3.05, 3.63) is 30.7 Å². The van der Waals surface area contributed by atoms with Gasteiger partial charge in [0.2, 0.25) is 0 Å². The van der Waals surface area contributed by atoms with Gasteiger partial charge in [-0.15, -0.1) is 0 Å². The van der Waals surface area contributed by atoms with Crippen LogP contribution in [0.2, 0.25) is 0 Å². The summed E-state index contributed by atoms with van der Waals surface area (Å²) in [5.74, 6) is 0.357. The molecule has 0 bridgehead atoms. The molecule has 12 heavy (non-hydrogen) atoms. The van der Waals surface area contributed by atoms with Gasteiger partial charge in [0.1, 0.15) is 0 Å². The number of hydrogen-bond donors (Lipinski definition) is 2. The second kappa shape index (κ2) is 3.52. The third-order valence-corrected chi connectivity index (χ3v) is 1.28. The van der Waals surface area contributed by atoms with Gasteiger partial charge >= 0.3 is 0 Å². The maximum atomic E-state index is 5.42. The Kier molecular flexibility index (Phi) is 2.42. The zero-order valence-corrected chi connectivity index (χ0v) is 6.62. The Bertz CT molecular complexity index is 322. The highest BCUT2D eigenvalue weighted by Crippen LogP contribution is 2.05. The predicted octanol–water partition coefficient (Wildman–Crippen LogP) is 1.20. The van der Waals surface area contributed by atoms with Crippen LogP contribution >= 0.6 is 0 Å². The molecule has 0 radical (unpaired) electrons. The Labute approximate surface area is 70.5 Å². The number of aromatic nitrogens is 2. The molecule has 62 valence electrons. The van der Waals surface area contributed by atoms with Gasteiger partial charge in [0.25, 0.3) is 0 Å². The Hall–Kier alpha value is -1.84. The van der Waals surface area contributed by atoms with Crippen LogP contribution in [0.15, 0.2) is 24.4 Å². The van der Waals surface area contributed by atoms with E-state index < -0.39 is 0 Å². The van der Waals surface area contributed by atoms with E-state index >= 15 is 0 Å². The van der Waals surface area contributed by atoms with Crippen molar-refractivity contribution in [1.29, 1.82) is 0 Å². The van der Waals surface area contributed by atoms with Gasteiger partial charge in [-0.3, -0.25) is 4.99 Å². The van der Waals surface area contributed by atoms with Crippen LogP contribution in [0.1, 0.15) is 11.4 Å².